The van der Waals surface area contributed by atoms with Gasteiger partial charge < -0.3 is 20.5 Å². The average Bonchev–Trinajstić information content (AvgIpc) is 2.33. The Balaban J connectivity index is 2.38. The number of rotatable bonds is 3. The van der Waals surface area contributed by atoms with Gasteiger partial charge in [-0.05, 0) is 0 Å². The van der Waals surface area contributed by atoms with Crippen LogP contribution >= 0.6 is 0 Å². The summed E-state index contributed by atoms with van der Waals surface area (Å²) in [6.07, 6.45) is -0.747. The van der Waals surface area contributed by atoms with Crippen molar-refractivity contribution in [1.82, 2.24) is 4.90 Å². The van der Waals surface area contributed by atoms with Crippen molar-refractivity contribution in [1.29, 1.82) is 0 Å². The topological polar surface area (TPSA) is 75.8 Å². The van der Waals surface area contributed by atoms with Gasteiger partial charge in [-0.1, -0.05) is 0 Å². The van der Waals surface area contributed by atoms with Crippen LogP contribution in [-0.4, -0.2) is 48.4 Å². The van der Waals surface area contributed by atoms with Gasteiger partial charge >= 0.3 is 6.09 Å². The summed E-state index contributed by atoms with van der Waals surface area (Å²) in [6.45, 7) is 1.25. The summed E-state index contributed by atoms with van der Waals surface area (Å²) >= 11 is 0. The summed E-state index contributed by atoms with van der Waals surface area (Å²) in [5, 5.41) is 8.63. The monoisotopic (exact) mass is 160 g/mol. The molecule has 1 heterocycles. The highest BCUT2D eigenvalue weighted by molar-refractivity contribution is 5.69. The van der Waals surface area contributed by atoms with Gasteiger partial charge in [-0.15, -0.1) is 0 Å². The van der Waals surface area contributed by atoms with Crippen LogP contribution in [0.15, 0.2) is 0 Å². The van der Waals surface area contributed by atoms with Crippen molar-refractivity contribution in [2.45, 2.75) is 6.10 Å². The van der Waals surface area contributed by atoms with E-state index in [0.29, 0.717) is 19.6 Å². The third-order valence-electron chi connectivity index (χ3n) is 1.55. The van der Waals surface area contributed by atoms with E-state index >= 15 is 0 Å². The Morgan fingerprint density at radius 1 is 1.82 bits per heavy atom. The van der Waals surface area contributed by atoms with Crippen LogP contribution in [0.2, 0.25) is 0 Å². The Kier molecular flexibility index (Phi) is 2.67. The SMILES string of the molecule is NCCN1CC(CO)OC1=O. The van der Waals surface area contributed by atoms with Gasteiger partial charge in [0.25, 0.3) is 0 Å². The molecule has 1 aliphatic heterocycles. The van der Waals surface area contributed by atoms with Crippen LogP contribution in [0.4, 0.5) is 4.79 Å². The highest BCUT2D eigenvalue weighted by Crippen LogP contribution is 2.08. The van der Waals surface area contributed by atoms with E-state index in [1.54, 1.807) is 0 Å². The van der Waals surface area contributed by atoms with Gasteiger partial charge in [-0.25, -0.2) is 4.79 Å². The van der Waals surface area contributed by atoms with E-state index in [4.69, 9.17) is 15.6 Å². The highest BCUT2D eigenvalue weighted by Gasteiger charge is 2.29. The minimum atomic E-state index is -0.380. The molecule has 5 nitrogen and oxygen atoms in total. The van der Waals surface area contributed by atoms with Crippen molar-refractivity contribution in [3.8, 4) is 0 Å². The van der Waals surface area contributed by atoms with E-state index in [0.717, 1.165) is 0 Å². The standard InChI is InChI=1S/C6H12N2O3/c7-1-2-8-3-5(4-9)11-6(8)10/h5,9H,1-4,7H2. The van der Waals surface area contributed by atoms with Crippen molar-refractivity contribution >= 4 is 6.09 Å². The molecule has 0 aromatic rings. The number of carbonyl (C=O) groups excluding carboxylic acids is 1. The summed E-state index contributed by atoms with van der Waals surface area (Å²) in [5.41, 5.74) is 5.25. The lowest BCUT2D eigenvalue weighted by atomic mass is 10.4. The van der Waals surface area contributed by atoms with E-state index in [-0.39, 0.29) is 18.8 Å². The largest absolute Gasteiger partial charge is 0.442 e. The molecule has 5 heteroatoms. The molecule has 0 aromatic carbocycles. The number of cyclic esters (lactones) is 1. The summed E-state index contributed by atoms with van der Waals surface area (Å²) in [5.74, 6) is 0. The molecule has 0 spiro atoms. The number of aliphatic hydroxyl groups excluding tert-OH is 1. The fourth-order valence-electron chi connectivity index (χ4n) is 1.01. The number of hydrogen-bond donors (Lipinski definition) is 2. The second kappa shape index (κ2) is 3.54. The first-order valence-corrected chi connectivity index (χ1v) is 3.54. The predicted octanol–water partition coefficient (Wildman–Crippen LogP) is -1.24. The molecule has 0 saturated carbocycles. The minimum absolute atomic E-state index is 0.118. The van der Waals surface area contributed by atoms with Crippen molar-refractivity contribution in [2.75, 3.05) is 26.2 Å². The molecule has 64 valence electrons. The average molecular weight is 160 g/mol. The Morgan fingerprint density at radius 3 is 3.00 bits per heavy atom. The number of hydrogen-bond acceptors (Lipinski definition) is 4. The summed E-state index contributed by atoms with van der Waals surface area (Å²) in [7, 11) is 0. The number of nitrogens with zero attached hydrogens (tertiary/aromatic N) is 1. The van der Waals surface area contributed by atoms with Gasteiger partial charge in [-0.3, -0.25) is 0 Å². The molecular formula is C6H12N2O3. The van der Waals surface area contributed by atoms with E-state index in [2.05, 4.69) is 0 Å². The van der Waals surface area contributed by atoms with Crippen molar-refractivity contribution in [3.05, 3.63) is 0 Å². The van der Waals surface area contributed by atoms with E-state index in [1.807, 2.05) is 0 Å². The van der Waals surface area contributed by atoms with E-state index in [1.165, 1.54) is 4.90 Å². The Labute approximate surface area is 64.7 Å². The summed E-state index contributed by atoms with van der Waals surface area (Å²) in [4.78, 5) is 12.4. The van der Waals surface area contributed by atoms with Crippen LogP contribution in [-0.2, 0) is 4.74 Å². The fraction of sp³-hybridized carbons (Fsp3) is 0.833. The zero-order valence-electron chi connectivity index (χ0n) is 6.19. The molecule has 1 fully saturated rings. The van der Waals surface area contributed by atoms with Gasteiger partial charge in [0.1, 0.15) is 6.10 Å². The highest BCUT2D eigenvalue weighted by atomic mass is 16.6. The smallest absolute Gasteiger partial charge is 0.410 e. The molecule has 1 atom stereocenters. The number of aliphatic hydroxyl groups is 1. The maximum Gasteiger partial charge on any atom is 0.410 e. The maximum atomic E-state index is 10.9. The lowest BCUT2D eigenvalue weighted by Gasteiger charge is -2.09. The third-order valence-corrected chi connectivity index (χ3v) is 1.55. The van der Waals surface area contributed by atoms with Crippen LogP contribution < -0.4 is 5.73 Å². The Bertz CT molecular complexity index is 151. The molecule has 0 aromatic heterocycles. The van der Waals surface area contributed by atoms with Crippen molar-refractivity contribution < 1.29 is 14.6 Å². The molecule has 1 saturated heterocycles. The van der Waals surface area contributed by atoms with Crippen LogP contribution in [0, 0.1) is 0 Å². The Hall–Kier alpha value is -0.810. The first-order chi connectivity index (χ1) is 5.27. The van der Waals surface area contributed by atoms with Gasteiger partial charge in [0.05, 0.1) is 13.2 Å². The molecule has 1 amide bonds. The third kappa shape index (κ3) is 1.81. The number of nitrogens with two attached hydrogens (primary N) is 1. The zero-order valence-corrected chi connectivity index (χ0v) is 6.19. The maximum absolute atomic E-state index is 10.9. The van der Waals surface area contributed by atoms with Gasteiger partial charge in [0.2, 0.25) is 0 Å². The fourth-order valence-corrected chi connectivity index (χ4v) is 1.01. The molecular weight excluding hydrogens is 148 g/mol. The number of amides is 1. The predicted molar refractivity (Wildman–Crippen MR) is 38.0 cm³/mol. The van der Waals surface area contributed by atoms with E-state index in [9.17, 15) is 4.79 Å². The molecule has 3 N–H and O–H groups in total. The van der Waals surface area contributed by atoms with Crippen LogP contribution in [0.1, 0.15) is 0 Å². The quantitative estimate of drug-likeness (QED) is 0.541. The summed E-state index contributed by atoms with van der Waals surface area (Å²) in [6, 6.07) is 0. The number of ether oxygens (including phenoxy) is 1. The normalized spacial score (nSPS) is 24.0. The summed E-state index contributed by atoms with van der Waals surface area (Å²) < 4.78 is 4.76. The second-order valence-electron chi connectivity index (χ2n) is 2.42. The first kappa shape index (κ1) is 8.29. The van der Waals surface area contributed by atoms with Gasteiger partial charge in [-0.2, -0.15) is 0 Å². The minimum Gasteiger partial charge on any atom is -0.442 e. The lowest BCUT2D eigenvalue weighted by Crippen LogP contribution is -2.31. The molecule has 0 bridgehead atoms. The first-order valence-electron chi connectivity index (χ1n) is 3.54. The van der Waals surface area contributed by atoms with Crippen LogP contribution in [0.25, 0.3) is 0 Å². The van der Waals surface area contributed by atoms with Crippen LogP contribution in [0.5, 0.6) is 0 Å². The van der Waals surface area contributed by atoms with Crippen molar-refractivity contribution in [2.24, 2.45) is 5.73 Å². The molecule has 1 unspecified atom stereocenters. The van der Waals surface area contributed by atoms with Gasteiger partial charge in [0, 0.05) is 13.1 Å². The molecule has 1 rings (SSSR count). The molecule has 11 heavy (non-hydrogen) atoms. The second-order valence-corrected chi connectivity index (χ2v) is 2.42. The molecule has 1 aliphatic rings. The van der Waals surface area contributed by atoms with E-state index < -0.39 is 0 Å². The molecule has 0 aliphatic carbocycles. The van der Waals surface area contributed by atoms with Gasteiger partial charge in [0.15, 0.2) is 0 Å². The Morgan fingerprint density at radius 2 is 2.55 bits per heavy atom. The lowest BCUT2D eigenvalue weighted by molar-refractivity contribution is 0.0948. The van der Waals surface area contributed by atoms with Crippen molar-refractivity contribution in [3.63, 3.8) is 0 Å². The van der Waals surface area contributed by atoms with Crippen LogP contribution in [0.3, 0.4) is 0 Å². The number of carbonyl (C=O) groups is 1. The zero-order chi connectivity index (χ0) is 8.27. The molecule has 0 radical (unpaired) electrons.